The maximum absolute atomic E-state index is 13.1. The minimum absolute atomic E-state index is 0.122. The van der Waals surface area contributed by atoms with Gasteiger partial charge in [0, 0.05) is 35.1 Å². The van der Waals surface area contributed by atoms with Gasteiger partial charge < -0.3 is 10.3 Å². The van der Waals surface area contributed by atoms with Gasteiger partial charge in [0.25, 0.3) is 11.8 Å². The number of hydroxylamine groups is 1. The van der Waals surface area contributed by atoms with Crippen LogP contribution in [-0.2, 0) is 0 Å². The number of H-pyrrole nitrogens is 1. The molecule has 182 valence electrons. The van der Waals surface area contributed by atoms with Crippen LogP contribution in [0.15, 0.2) is 54.6 Å². The normalized spacial score (nSPS) is 15.8. The Balaban J connectivity index is 1.57. The van der Waals surface area contributed by atoms with Crippen LogP contribution >= 0.6 is 0 Å². The summed E-state index contributed by atoms with van der Waals surface area (Å²) in [6.07, 6.45) is -3.87. The Morgan fingerprint density at radius 2 is 1.74 bits per heavy atom. The first-order valence-corrected chi connectivity index (χ1v) is 10.9. The molecule has 1 aromatic heterocycles. The summed E-state index contributed by atoms with van der Waals surface area (Å²) in [5.74, 6) is 5.00. The van der Waals surface area contributed by atoms with Crippen LogP contribution in [-0.4, -0.2) is 58.3 Å². The summed E-state index contributed by atoms with van der Waals surface area (Å²) >= 11 is 0. The number of likely N-dealkylation sites (tertiary alicyclic amines) is 1. The van der Waals surface area contributed by atoms with E-state index in [1.807, 2.05) is 24.3 Å². The number of halogens is 3. The molecule has 35 heavy (non-hydrogen) atoms. The number of amides is 2. The number of benzene rings is 2. The van der Waals surface area contributed by atoms with Gasteiger partial charge in [-0.25, -0.2) is 5.48 Å². The molecule has 0 saturated carbocycles. The molecule has 3 aromatic rings. The van der Waals surface area contributed by atoms with Crippen molar-refractivity contribution in [3.63, 3.8) is 0 Å². The molecule has 2 heterocycles. The molecule has 2 amide bonds. The van der Waals surface area contributed by atoms with Crippen molar-refractivity contribution >= 4 is 22.7 Å². The summed E-state index contributed by atoms with van der Waals surface area (Å²) in [5, 5.41) is 12.6. The minimum atomic E-state index is -4.30. The van der Waals surface area contributed by atoms with Gasteiger partial charge in [-0.1, -0.05) is 30.0 Å². The number of carbonyl (C=O) groups excluding carboxylic acids is 2. The molecule has 0 aliphatic carbocycles. The maximum Gasteiger partial charge on any atom is 0.401 e. The molecule has 4 rings (SSSR count). The average molecular weight is 484 g/mol. The van der Waals surface area contributed by atoms with Gasteiger partial charge in [-0.15, -0.1) is 0 Å². The van der Waals surface area contributed by atoms with Crippen molar-refractivity contribution in [2.75, 3.05) is 19.6 Å². The Bertz CT molecular complexity index is 1250. The number of hydrogen-bond acceptors (Lipinski definition) is 4. The summed E-state index contributed by atoms with van der Waals surface area (Å²) in [6, 6.07) is 15.3. The van der Waals surface area contributed by atoms with E-state index in [-0.39, 0.29) is 31.5 Å². The van der Waals surface area contributed by atoms with Gasteiger partial charge in [0.1, 0.15) is 11.2 Å². The Labute approximate surface area is 199 Å². The molecule has 1 aliphatic heterocycles. The zero-order valence-corrected chi connectivity index (χ0v) is 18.6. The number of nitrogens with one attached hydrogen (secondary N) is 3. The van der Waals surface area contributed by atoms with E-state index in [1.54, 1.807) is 23.7 Å². The lowest BCUT2D eigenvalue weighted by Crippen LogP contribution is -2.55. The molecule has 0 unspecified atom stereocenters. The number of fused-ring (bicyclic) bond motifs is 1. The number of para-hydroxylation sites is 1. The number of carbonyl (C=O) groups is 2. The van der Waals surface area contributed by atoms with Crippen molar-refractivity contribution in [1.82, 2.24) is 20.7 Å². The van der Waals surface area contributed by atoms with Crippen molar-refractivity contribution in [3.8, 4) is 11.8 Å². The Hall–Kier alpha value is -3.81. The van der Waals surface area contributed by atoms with Crippen molar-refractivity contribution < 1.29 is 28.0 Å². The smallest absolute Gasteiger partial charge is 0.351 e. The molecule has 4 N–H and O–H groups in total. The molecule has 7 nitrogen and oxygen atoms in total. The molecule has 1 saturated heterocycles. The van der Waals surface area contributed by atoms with E-state index in [2.05, 4.69) is 22.1 Å². The predicted octanol–water partition coefficient (Wildman–Crippen LogP) is 3.47. The van der Waals surface area contributed by atoms with Crippen LogP contribution in [0.25, 0.3) is 10.9 Å². The van der Waals surface area contributed by atoms with Crippen molar-refractivity contribution in [2.45, 2.75) is 24.6 Å². The van der Waals surface area contributed by atoms with E-state index in [9.17, 15) is 22.8 Å². The minimum Gasteiger partial charge on any atom is -0.351 e. The van der Waals surface area contributed by atoms with Crippen LogP contribution in [0, 0.1) is 11.8 Å². The van der Waals surface area contributed by atoms with Gasteiger partial charge in [-0.3, -0.25) is 19.7 Å². The van der Waals surface area contributed by atoms with E-state index < -0.39 is 30.1 Å². The number of alkyl halides is 3. The summed E-state index contributed by atoms with van der Waals surface area (Å²) in [4.78, 5) is 29.0. The highest BCUT2D eigenvalue weighted by Gasteiger charge is 2.39. The van der Waals surface area contributed by atoms with Gasteiger partial charge in [0.15, 0.2) is 0 Å². The van der Waals surface area contributed by atoms with Crippen LogP contribution in [0.1, 0.15) is 39.3 Å². The first-order chi connectivity index (χ1) is 16.7. The van der Waals surface area contributed by atoms with Crippen LogP contribution in [0.3, 0.4) is 0 Å². The number of aromatic nitrogens is 1. The Morgan fingerprint density at radius 1 is 1.06 bits per heavy atom. The van der Waals surface area contributed by atoms with Crippen molar-refractivity contribution in [1.29, 1.82) is 0 Å². The van der Waals surface area contributed by atoms with E-state index in [1.165, 1.54) is 17.0 Å². The van der Waals surface area contributed by atoms with Crippen LogP contribution in [0.2, 0.25) is 0 Å². The molecule has 2 aromatic carbocycles. The van der Waals surface area contributed by atoms with E-state index in [4.69, 9.17) is 5.21 Å². The number of rotatable bonds is 4. The molecule has 0 radical (unpaired) electrons. The van der Waals surface area contributed by atoms with Gasteiger partial charge in [0.05, 0.1) is 6.54 Å². The Morgan fingerprint density at radius 3 is 2.37 bits per heavy atom. The van der Waals surface area contributed by atoms with Crippen LogP contribution in [0.4, 0.5) is 13.2 Å². The highest BCUT2D eigenvalue weighted by molar-refractivity contribution is 5.98. The third-order valence-electron chi connectivity index (χ3n) is 5.93. The highest BCUT2D eigenvalue weighted by Crippen LogP contribution is 2.26. The zero-order valence-electron chi connectivity index (χ0n) is 18.6. The Kier molecular flexibility index (Phi) is 6.82. The van der Waals surface area contributed by atoms with E-state index in [0.717, 1.165) is 10.9 Å². The van der Waals surface area contributed by atoms with Crippen molar-refractivity contribution in [2.24, 2.45) is 0 Å². The molecule has 0 spiro atoms. The van der Waals surface area contributed by atoms with Crippen LogP contribution in [0.5, 0.6) is 0 Å². The van der Waals surface area contributed by atoms with Gasteiger partial charge in [-0.05, 0) is 49.2 Å². The maximum atomic E-state index is 13.1. The SMILES string of the molecule is O=C(NO)c1ccc(C#CC2(NC(=O)c3cc4ccccc4[nH]3)CCN(CC(F)(F)F)CC2)cc1. The molecule has 0 atom stereocenters. The zero-order chi connectivity index (χ0) is 25.1. The second-order valence-corrected chi connectivity index (χ2v) is 8.47. The summed E-state index contributed by atoms with van der Waals surface area (Å²) in [6.45, 7) is -0.769. The summed E-state index contributed by atoms with van der Waals surface area (Å²) in [5.41, 5.74) is 2.44. The third-order valence-corrected chi connectivity index (χ3v) is 5.93. The van der Waals surface area contributed by atoms with E-state index >= 15 is 0 Å². The first kappa shape index (κ1) is 24.3. The summed E-state index contributed by atoms with van der Waals surface area (Å²) < 4.78 is 38.6. The number of nitrogens with zero attached hydrogens (tertiary/aromatic N) is 1. The first-order valence-electron chi connectivity index (χ1n) is 10.9. The lowest BCUT2D eigenvalue weighted by atomic mass is 9.87. The highest BCUT2D eigenvalue weighted by atomic mass is 19.4. The van der Waals surface area contributed by atoms with E-state index in [0.29, 0.717) is 11.3 Å². The molecule has 0 bridgehead atoms. The second-order valence-electron chi connectivity index (χ2n) is 8.47. The monoisotopic (exact) mass is 484 g/mol. The fourth-order valence-electron chi connectivity index (χ4n) is 4.07. The summed E-state index contributed by atoms with van der Waals surface area (Å²) in [7, 11) is 0. The molecule has 1 aliphatic rings. The third kappa shape index (κ3) is 6.01. The average Bonchev–Trinajstić information content (AvgIpc) is 3.28. The molecular weight excluding hydrogens is 461 g/mol. The number of hydrogen-bond donors (Lipinski definition) is 4. The standard InChI is InChI=1S/C25H23F3N4O3/c26-25(27,28)16-32-13-11-24(12-14-32,10-9-17-5-7-18(8-6-17)22(33)31-35)30-23(34)21-15-19-3-1-2-4-20(19)29-21/h1-8,15,29,35H,11-14,16H2,(H,30,34)(H,31,33). The lowest BCUT2D eigenvalue weighted by Gasteiger charge is -2.39. The largest absolute Gasteiger partial charge is 0.401 e. The topological polar surface area (TPSA) is 97.5 Å². The number of piperidine rings is 1. The van der Waals surface area contributed by atoms with Crippen molar-refractivity contribution in [3.05, 3.63) is 71.4 Å². The lowest BCUT2D eigenvalue weighted by molar-refractivity contribution is -0.148. The quantitative estimate of drug-likeness (QED) is 0.259. The predicted molar refractivity (Wildman–Crippen MR) is 123 cm³/mol. The fourth-order valence-corrected chi connectivity index (χ4v) is 4.07. The van der Waals surface area contributed by atoms with Gasteiger partial charge in [-0.2, -0.15) is 13.2 Å². The van der Waals surface area contributed by atoms with Gasteiger partial charge >= 0.3 is 6.18 Å². The molecule has 10 heteroatoms. The molecule has 1 fully saturated rings. The van der Waals surface area contributed by atoms with Gasteiger partial charge in [0.2, 0.25) is 0 Å². The second kappa shape index (κ2) is 9.82. The number of aromatic amines is 1. The fraction of sp³-hybridized carbons (Fsp3) is 0.280. The van der Waals surface area contributed by atoms with Crippen LogP contribution < -0.4 is 10.8 Å². The molecular formula is C25H23F3N4O3.